The predicted octanol–water partition coefficient (Wildman–Crippen LogP) is 4.89. The van der Waals surface area contributed by atoms with Crippen LogP contribution in [0.3, 0.4) is 0 Å². The quantitative estimate of drug-likeness (QED) is 0.333. The van der Waals surface area contributed by atoms with E-state index in [1.807, 2.05) is 48.5 Å². The lowest BCUT2D eigenvalue weighted by Gasteiger charge is -2.33. The van der Waals surface area contributed by atoms with E-state index in [2.05, 4.69) is 72.8 Å². The molecule has 0 aromatic heterocycles. The zero-order valence-corrected chi connectivity index (χ0v) is 17.8. The number of hydrogen-bond acceptors (Lipinski definition) is 2. The fourth-order valence-electron chi connectivity index (χ4n) is 4.15. The van der Waals surface area contributed by atoms with Crippen LogP contribution in [0.2, 0.25) is 0 Å². The zero-order valence-electron chi connectivity index (χ0n) is 16.9. The van der Waals surface area contributed by atoms with Crippen LogP contribution in [-0.2, 0) is 9.53 Å². The number of carbonyl (C=O) groups excluding carboxylic acids is 1. The average Bonchev–Trinajstić information content (AvgIpc) is 2.84. The smallest absolute Gasteiger partial charge is 0.352 e. The van der Waals surface area contributed by atoms with Gasteiger partial charge in [-0.15, -0.1) is 0 Å². The fraction of sp³-hybridized carbons (Fsp3) is 0.0741. The van der Waals surface area contributed by atoms with E-state index in [0.717, 1.165) is 21.5 Å². The summed E-state index contributed by atoms with van der Waals surface area (Å²) >= 11 is 0. The summed E-state index contributed by atoms with van der Waals surface area (Å²) in [4.78, 5) is 13.5. The lowest BCUT2D eigenvalue weighted by Crippen LogP contribution is -2.38. The van der Waals surface area contributed by atoms with Gasteiger partial charge in [0.05, 0.1) is 7.11 Å². The molecule has 0 saturated heterocycles. The van der Waals surface area contributed by atoms with Crippen LogP contribution < -0.4 is 15.9 Å². The fourth-order valence-corrected chi connectivity index (χ4v) is 8.91. The van der Waals surface area contributed by atoms with Gasteiger partial charge in [0.2, 0.25) is 5.66 Å². The maximum Gasteiger partial charge on any atom is 0.352 e. The highest BCUT2D eigenvalue weighted by atomic mass is 31.2. The van der Waals surface area contributed by atoms with Crippen molar-refractivity contribution in [2.45, 2.75) is 5.66 Å². The molecule has 0 N–H and O–H groups in total. The second kappa shape index (κ2) is 9.07. The molecule has 0 fully saturated rings. The van der Waals surface area contributed by atoms with Gasteiger partial charge in [0.1, 0.15) is 23.2 Å². The first-order valence-corrected chi connectivity index (χ1v) is 11.8. The third-order valence-electron chi connectivity index (χ3n) is 5.42. The highest BCUT2D eigenvalue weighted by Gasteiger charge is 2.57. The Morgan fingerprint density at radius 1 is 0.600 bits per heavy atom. The molecule has 0 aliphatic rings. The Bertz CT molecular complexity index is 984. The van der Waals surface area contributed by atoms with E-state index in [9.17, 15) is 4.79 Å². The minimum absolute atomic E-state index is 0.217. The molecule has 0 spiro atoms. The van der Waals surface area contributed by atoms with Gasteiger partial charge in [-0.25, -0.2) is 4.79 Å². The lowest BCUT2D eigenvalue weighted by atomic mass is 10.1. The number of hydrogen-bond donors (Lipinski definition) is 0. The Hall–Kier alpha value is -3.22. The van der Waals surface area contributed by atoms with Crippen LogP contribution in [0.4, 0.5) is 0 Å². The molecule has 1 atom stereocenters. The Balaban J connectivity index is 2.15. The van der Waals surface area contributed by atoms with Gasteiger partial charge in [-0.05, 0) is 36.4 Å². The summed E-state index contributed by atoms with van der Waals surface area (Å²) in [6.45, 7) is 0. The lowest BCUT2D eigenvalue weighted by molar-refractivity contribution is -0.140. The molecule has 1 unspecified atom stereocenters. The Labute approximate surface area is 178 Å². The Kier molecular flexibility index (Phi) is 6.07. The number of carbonyl (C=O) groups is 1. The van der Waals surface area contributed by atoms with E-state index in [1.54, 1.807) is 0 Å². The van der Waals surface area contributed by atoms with Crippen molar-refractivity contribution in [1.29, 1.82) is 0 Å². The molecule has 4 aromatic carbocycles. The van der Waals surface area contributed by atoms with Crippen molar-refractivity contribution in [1.82, 2.24) is 0 Å². The van der Waals surface area contributed by atoms with E-state index in [1.165, 1.54) is 7.11 Å². The molecule has 30 heavy (non-hydrogen) atoms. The SMILES string of the molecule is COC(=O)C(c1ccccc1)[P+](c1ccccc1)(c1ccccc1)c1ccccc1. The molecular weight excluding hydrogens is 387 g/mol. The van der Waals surface area contributed by atoms with E-state index in [0.29, 0.717) is 0 Å². The Morgan fingerprint density at radius 2 is 0.933 bits per heavy atom. The van der Waals surface area contributed by atoms with Crippen LogP contribution >= 0.6 is 7.26 Å². The van der Waals surface area contributed by atoms with Crippen molar-refractivity contribution >= 4 is 29.1 Å². The first-order chi connectivity index (χ1) is 14.8. The summed E-state index contributed by atoms with van der Waals surface area (Å²) < 4.78 is 5.43. The standard InChI is InChI=1S/C27H24O2P/c1-29-27(28)26(22-14-6-2-7-15-22)30(23-16-8-3-9-17-23,24-18-10-4-11-19-24)25-20-12-5-13-21-25/h2-21,26H,1H3/q+1. The molecule has 4 rings (SSSR count). The minimum atomic E-state index is -2.43. The van der Waals surface area contributed by atoms with Crippen molar-refractivity contribution in [3.05, 3.63) is 127 Å². The molecule has 0 radical (unpaired) electrons. The number of ether oxygens (including phenoxy) is 1. The average molecular weight is 411 g/mol. The van der Waals surface area contributed by atoms with Crippen molar-refractivity contribution in [3.8, 4) is 0 Å². The molecule has 0 aliphatic carbocycles. The van der Waals surface area contributed by atoms with Crippen LogP contribution in [0.25, 0.3) is 0 Å². The second-order valence-corrected chi connectivity index (χ2v) is 10.6. The molecule has 4 aromatic rings. The van der Waals surface area contributed by atoms with Gasteiger partial charge in [0.15, 0.2) is 0 Å². The number of esters is 1. The van der Waals surface area contributed by atoms with Gasteiger partial charge in [-0.3, -0.25) is 0 Å². The third-order valence-corrected chi connectivity index (χ3v) is 10.0. The van der Waals surface area contributed by atoms with Gasteiger partial charge in [-0.1, -0.05) is 84.9 Å². The van der Waals surface area contributed by atoms with Gasteiger partial charge < -0.3 is 4.74 Å². The molecule has 0 heterocycles. The topological polar surface area (TPSA) is 26.3 Å². The summed E-state index contributed by atoms with van der Waals surface area (Å²) in [6, 6.07) is 41.2. The van der Waals surface area contributed by atoms with Crippen molar-refractivity contribution < 1.29 is 9.53 Å². The Morgan fingerprint density at radius 3 is 1.27 bits per heavy atom. The second-order valence-electron chi connectivity index (χ2n) is 7.07. The summed E-state index contributed by atoms with van der Waals surface area (Å²) in [7, 11) is -0.952. The molecule has 0 bridgehead atoms. The molecule has 0 saturated carbocycles. The molecule has 148 valence electrons. The number of benzene rings is 4. The zero-order chi connectivity index (χ0) is 20.8. The number of methoxy groups -OCH3 is 1. The third kappa shape index (κ3) is 3.56. The summed E-state index contributed by atoms with van der Waals surface area (Å²) in [5.41, 5.74) is 0.519. The van der Waals surface area contributed by atoms with Gasteiger partial charge >= 0.3 is 5.97 Å². The first-order valence-electron chi connectivity index (χ1n) is 9.97. The normalized spacial score (nSPS) is 12.2. The van der Waals surface area contributed by atoms with Crippen molar-refractivity contribution in [2.75, 3.05) is 7.11 Å². The van der Waals surface area contributed by atoms with Crippen molar-refractivity contribution in [2.24, 2.45) is 0 Å². The van der Waals surface area contributed by atoms with Crippen molar-refractivity contribution in [3.63, 3.8) is 0 Å². The van der Waals surface area contributed by atoms with Crippen LogP contribution in [0.15, 0.2) is 121 Å². The molecular formula is C27H24O2P+. The molecule has 3 heteroatoms. The van der Waals surface area contributed by atoms with Gasteiger partial charge in [0, 0.05) is 5.56 Å². The summed E-state index contributed by atoms with van der Waals surface area (Å²) in [5.74, 6) is -0.217. The summed E-state index contributed by atoms with van der Waals surface area (Å²) in [5, 5.41) is 3.46. The maximum atomic E-state index is 13.5. The monoisotopic (exact) mass is 411 g/mol. The first kappa shape index (κ1) is 20.1. The highest BCUT2D eigenvalue weighted by molar-refractivity contribution is 7.96. The van der Waals surface area contributed by atoms with Crippen LogP contribution in [0.1, 0.15) is 11.2 Å². The van der Waals surface area contributed by atoms with Crippen LogP contribution in [-0.4, -0.2) is 13.1 Å². The van der Waals surface area contributed by atoms with Gasteiger partial charge in [0.25, 0.3) is 0 Å². The summed E-state index contributed by atoms with van der Waals surface area (Å²) in [6.07, 6.45) is 0. The largest absolute Gasteiger partial charge is 0.466 e. The number of rotatable bonds is 6. The molecule has 0 amide bonds. The molecule has 2 nitrogen and oxygen atoms in total. The molecule has 0 aliphatic heterocycles. The van der Waals surface area contributed by atoms with Crippen LogP contribution in [0.5, 0.6) is 0 Å². The van der Waals surface area contributed by atoms with E-state index < -0.39 is 12.9 Å². The van der Waals surface area contributed by atoms with E-state index >= 15 is 0 Å². The predicted molar refractivity (Wildman–Crippen MR) is 126 cm³/mol. The van der Waals surface area contributed by atoms with E-state index in [4.69, 9.17) is 4.74 Å². The minimum Gasteiger partial charge on any atom is -0.466 e. The highest BCUT2D eigenvalue weighted by Crippen LogP contribution is 2.66. The van der Waals surface area contributed by atoms with E-state index in [-0.39, 0.29) is 5.97 Å². The van der Waals surface area contributed by atoms with Crippen LogP contribution in [0, 0.1) is 0 Å². The van der Waals surface area contributed by atoms with Gasteiger partial charge in [-0.2, -0.15) is 0 Å². The maximum absolute atomic E-state index is 13.5.